The van der Waals surface area contributed by atoms with Crippen LogP contribution in [0.2, 0.25) is 0 Å². The molecule has 100 valence electrons. The van der Waals surface area contributed by atoms with Gasteiger partial charge in [-0.2, -0.15) is 0 Å². The number of aromatic nitrogens is 1. The Bertz CT molecular complexity index is 824. The summed E-state index contributed by atoms with van der Waals surface area (Å²) in [6, 6.07) is 8.28. The lowest BCUT2D eigenvalue weighted by Gasteiger charge is -2.00. The van der Waals surface area contributed by atoms with Gasteiger partial charge < -0.3 is 4.42 Å². The molecule has 3 nitrogen and oxygen atoms in total. The van der Waals surface area contributed by atoms with Crippen LogP contribution in [0.3, 0.4) is 0 Å². The molecule has 0 radical (unpaired) electrons. The number of furan rings is 1. The van der Waals surface area contributed by atoms with E-state index in [-0.39, 0.29) is 11.3 Å². The van der Waals surface area contributed by atoms with E-state index < -0.39 is 17.4 Å². The molecule has 0 aliphatic rings. The summed E-state index contributed by atoms with van der Waals surface area (Å²) in [6.45, 7) is 1.81. The molecule has 3 aromatic rings. The van der Waals surface area contributed by atoms with Crippen LogP contribution >= 0.6 is 0 Å². The van der Waals surface area contributed by atoms with Crippen LogP contribution in [-0.4, -0.2) is 10.8 Å². The van der Waals surface area contributed by atoms with Gasteiger partial charge in [0.25, 0.3) is 0 Å². The van der Waals surface area contributed by atoms with Crippen LogP contribution < -0.4 is 0 Å². The highest BCUT2D eigenvalue weighted by molar-refractivity contribution is 6.08. The maximum atomic E-state index is 13.6. The predicted molar refractivity (Wildman–Crippen MR) is 68.5 cm³/mol. The van der Waals surface area contributed by atoms with Crippen molar-refractivity contribution in [3.05, 3.63) is 65.1 Å². The summed E-state index contributed by atoms with van der Waals surface area (Å²) in [5.41, 5.74) is 1.34. The van der Waals surface area contributed by atoms with Gasteiger partial charge in [-0.05, 0) is 31.2 Å². The summed E-state index contributed by atoms with van der Waals surface area (Å²) in [5, 5.41) is 0. The molecule has 1 aromatic carbocycles. The number of pyridine rings is 1. The monoisotopic (exact) mass is 273 g/mol. The van der Waals surface area contributed by atoms with Crippen LogP contribution in [0.1, 0.15) is 21.8 Å². The molecule has 0 amide bonds. The number of carbonyl (C=O) groups is 1. The summed E-state index contributed by atoms with van der Waals surface area (Å²) in [7, 11) is 0. The molecule has 20 heavy (non-hydrogen) atoms. The summed E-state index contributed by atoms with van der Waals surface area (Å²) in [4.78, 5) is 16.3. The van der Waals surface area contributed by atoms with Gasteiger partial charge in [0.05, 0.1) is 5.56 Å². The number of carbonyl (C=O) groups excluding carboxylic acids is 1. The largest absolute Gasteiger partial charge is 0.451 e. The Kier molecular flexibility index (Phi) is 2.82. The number of hydrogen-bond donors (Lipinski definition) is 0. The number of fused-ring (bicyclic) bond motifs is 1. The average molecular weight is 273 g/mol. The molecule has 2 aromatic heterocycles. The predicted octanol–water partition coefficient (Wildman–Crippen LogP) is 3.65. The standard InChI is InChI=1S/C15H9F2NO2/c1-8-5-6-12-11(18-8)7-13(20-12)15(19)9-3-2-4-10(16)14(9)17/h2-7H,1H3. The zero-order valence-corrected chi connectivity index (χ0v) is 10.5. The summed E-state index contributed by atoms with van der Waals surface area (Å²) >= 11 is 0. The van der Waals surface area contributed by atoms with E-state index in [1.165, 1.54) is 18.2 Å². The van der Waals surface area contributed by atoms with Gasteiger partial charge in [-0.1, -0.05) is 6.07 Å². The number of halogens is 2. The molecule has 0 bridgehead atoms. The summed E-state index contributed by atoms with van der Waals surface area (Å²) in [5.74, 6) is -3.02. The Morgan fingerprint density at radius 1 is 1.20 bits per heavy atom. The van der Waals surface area contributed by atoms with Crippen LogP contribution in [0.5, 0.6) is 0 Å². The van der Waals surface area contributed by atoms with Gasteiger partial charge in [0.1, 0.15) is 5.52 Å². The van der Waals surface area contributed by atoms with Crippen molar-refractivity contribution < 1.29 is 18.0 Å². The van der Waals surface area contributed by atoms with E-state index in [1.54, 1.807) is 19.1 Å². The van der Waals surface area contributed by atoms with Gasteiger partial charge in [-0.15, -0.1) is 0 Å². The highest BCUT2D eigenvalue weighted by Crippen LogP contribution is 2.22. The first-order chi connectivity index (χ1) is 9.56. The minimum absolute atomic E-state index is 0.0670. The minimum Gasteiger partial charge on any atom is -0.451 e. The smallest absolute Gasteiger partial charge is 0.231 e. The molecule has 0 fully saturated rings. The topological polar surface area (TPSA) is 43.1 Å². The highest BCUT2D eigenvalue weighted by Gasteiger charge is 2.20. The SMILES string of the molecule is Cc1ccc2oc(C(=O)c3cccc(F)c3F)cc2n1. The fourth-order valence-corrected chi connectivity index (χ4v) is 1.95. The molecule has 3 rings (SSSR count). The van der Waals surface area contributed by atoms with Crippen molar-refractivity contribution in [3.8, 4) is 0 Å². The van der Waals surface area contributed by atoms with E-state index in [2.05, 4.69) is 4.98 Å². The molecular formula is C15H9F2NO2. The molecule has 0 N–H and O–H groups in total. The van der Waals surface area contributed by atoms with Crippen LogP contribution in [0.15, 0.2) is 40.8 Å². The minimum atomic E-state index is -1.18. The van der Waals surface area contributed by atoms with Crippen LogP contribution in [0.25, 0.3) is 11.1 Å². The van der Waals surface area contributed by atoms with Crippen molar-refractivity contribution >= 4 is 16.9 Å². The lowest BCUT2D eigenvalue weighted by molar-refractivity contribution is 0.101. The highest BCUT2D eigenvalue weighted by atomic mass is 19.2. The van der Waals surface area contributed by atoms with Crippen molar-refractivity contribution in [3.63, 3.8) is 0 Å². The number of aryl methyl sites for hydroxylation is 1. The first-order valence-electron chi connectivity index (χ1n) is 5.92. The van der Waals surface area contributed by atoms with Crippen molar-refractivity contribution in [2.45, 2.75) is 6.92 Å². The molecule has 0 aliphatic heterocycles. The lowest BCUT2D eigenvalue weighted by Crippen LogP contribution is -2.04. The zero-order valence-electron chi connectivity index (χ0n) is 10.5. The number of hydrogen-bond acceptors (Lipinski definition) is 3. The van der Waals surface area contributed by atoms with Crippen molar-refractivity contribution in [1.29, 1.82) is 0 Å². The van der Waals surface area contributed by atoms with E-state index in [0.717, 1.165) is 11.8 Å². The lowest BCUT2D eigenvalue weighted by atomic mass is 10.1. The summed E-state index contributed by atoms with van der Waals surface area (Å²) < 4.78 is 32.1. The summed E-state index contributed by atoms with van der Waals surface area (Å²) in [6.07, 6.45) is 0. The number of benzene rings is 1. The average Bonchev–Trinajstić information content (AvgIpc) is 2.84. The van der Waals surface area contributed by atoms with Gasteiger partial charge in [0, 0.05) is 11.8 Å². The van der Waals surface area contributed by atoms with Gasteiger partial charge in [-0.25, -0.2) is 13.8 Å². The van der Waals surface area contributed by atoms with Gasteiger partial charge in [-0.3, -0.25) is 4.79 Å². The molecule has 5 heteroatoms. The fourth-order valence-electron chi connectivity index (χ4n) is 1.95. The third-order valence-electron chi connectivity index (χ3n) is 2.93. The second kappa shape index (κ2) is 4.52. The zero-order chi connectivity index (χ0) is 14.3. The first kappa shape index (κ1) is 12.5. The molecule has 0 aliphatic carbocycles. The molecule has 0 saturated heterocycles. The van der Waals surface area contributed by atoms with Crippen molar-refractivity contribution in [2.24, 2.45) is 0 Å². The Hall–Kier alpha value is -2.56. The first-order valence-corrected chi connectivity index (χ1v) is 5.92. The number of nitrogens with zero attached hydrogens (tertiary/aromatic N) is 1. The van der Waals surface area contributed by atoms with E-state index in [4.69, 9.17) is 4.42 Å². The third-order valence-corrected chi connectivity index (χ3v) is 2.93. The second-order valence-electron chi connectivity index (χ2n) is 4.38. The number of ketones is 1. The normalized spacial score (nSPS) is 10.9. The Morgan fingerprint density at radius 2 is 2.00 bits per heavy atom. The van der Waals surface area contributed by atoms with Gasteiger partial charge in [0.2, 0.25) is 5.78 Å². The van der Waals surface area contributed by atoms with E-state index in [1.807, 2.05) is 0 Å². The number of rotatable bonds is 2. The van der Waals surface area contributed by atoms with Crippen molar-refractivity contribution in [1.82, 2.24) is 4.98 Å². The molecule has 0 saturated carbocycles. The fraction of sp³-hybridized carbons (Fsp3) is 0.0667. The molecule has 0 atom stereocenters. The Balaban J connectivity index is 2.10. The quantitative estimate of drug-likeness (QED) is 0.669. The van der Waals surface area contributed by atoms with Crippen LogP contribution in [-0.2, 0) is 0 Å². The molecule has 0 spiro atoms. The van der Waals surface area contributed by atoms with Crippen LogP contribution in [0, 0.1) is 18.6 Å². The maximum absolute atomic E-state index is 13.6. The van der Waals surface area contributed by atoms with Gasteiger partial charge in [0.15, 0.2) is 23.0 Å². The van der Waals surface area contributed by atoms with Crippen molar-refractivity contribution in [2.75, 3.05) is 0 Å². The third kappa shape index (κ3) is 1.97. The van der Waals surface area contributed by atoms with Gasteiger partial charge >= 0.3 is 0 Å². The van der Waals surface area contributed by atoms with E-state index in [0.29, 0.717) is 11.1 Å². The Labute approximate surface area is 112 Å². The van der Waals surface area contributed by atoms with E-state index in [9.17, 15) is 13.6 Å². The van der Waals surface area contributed by atoms with Crippen LogP contribution in [0.4, 0.5) is 8.78 Å². The second-order valence-corrected chi connectivity index (χ2v) is 4.38. The Morgan fingerprint density at radius 3 is 2.80 bits per heavy atom. The molecule has 0 unspecified atom stereocenters. The molecular weight excluding hydrogens is 264 g/mol. The maximum Gasteiger partial charge on any atom is 0.231 e. The van der Waals surface area contributed by atoms with E-state index >= 15 is 0 Å². The molecule has 2 heterocycles.